The van der Waals surface area contributed by atoms with E-state index in [-0.39, 0.29) is 5.91 Å². The third kappa shape index (κ3) is 5.18. The van der Waals surface area contributed by atoms with Crippen molar-refractivity contribution < 1.29 is 9.53 Å². The molecule has 0 atom stereocenters. The van der Waals surface area contributed by atoms with Crippen molar-refractivity contribution in [2.45, 2.75) is 19.3 Å². The lowest BCUT2D eigenvalue weighted by Crippen LogP contribution is -2.29. The second-order valence-electron chi connectivity index (χ2n) is 6.43. The van der Waals surface area contributed by atoms with E-state index in [0.717, 1.165) is 18.8 Å². The Balaban J connectivity index is 1.65. The molecule has 0 aliphatic carbocycles. The maximum atomic E-state index is 12.2. The SMILES string of the molecule is COc1c(Cl)cc(Cl)cc1C=CC(=O)Nc1ccc(N2CCCCC2)cc1. The largest absolute Gasteiger partial charge is 0.495 e. The number of nitrogens with zero attached hydrogens (tertiary/aromatic N) is 1. The van der Waals surface area contributed by atoms with Crippen molar-refractivity contribution in [1.29, 1.82) is 0 Å². The fourth-order valence-corrected chi connectivity index (χ4v) is 3.76. The number of anilines is 2. The molecule has 3 rings (SSSR count). The van der Waals surface area contributed by atoms with Crippen molar-refractivity contribution >= 4 is 46.6 Å². The average Bonchev–Trinajstić information content (AvgIpc) is 2.67. The summed E-state index contributed by atoms with van der Waals surface area (Å²) in [5.41, 5.74) is 2.59. The first-order valence-corrected chi connectivity index (χ1v) is 9.69. The van der Waals surface area contributed by atoms with Crippen molar-refractivity contribution in [2.24, 2.45) is 0 Å². The van der Waals surface area contributed by atoms with Crippen molar-refractivity contribution in [3.8, 4) is 5.75 Å². The summed E-state index contributed by atoms with van der Waals surface area (Å²) in [5.74, 6) is 0.245. The molecule has 4 nitrogen and oxygen atoms in total. The van der Waals surface area contributed by atoms with Gasteiger partial charge in [0.05, 0.1) is 12.1 Å². The average molecular weight is 405 g/mol. The Morgan fingerprint density at radius 1 is 1.11 bits per heavy atom. The number of ether oxygens (including phenoxy) is 1. The predicted molar refractivity (Wildman–Crippen MR) is 113 cm³/mol. The summed E-state index contributed by atoms with van der Waals surface area (Å²) < 4.78 is 5.27. The molecule has 0 radical (unpaired) electrons. The minimum Gasteiger partial charge on any atom is -0.495 e. The van der Waals surface area contributed by atoms with E-state index in [0.29, 0.717) is 21.4 Å². The molecule has 1 aliphatic heterocycles. The monoisotopic (exact) mass is 404 g/mol. The van der Waals surface area contributed by atoms with Crippen LogP contribution in [0.1, 0.15) is 24.8 Å². The number of carbonyl (C=O) groups excluding carboxylic acids is 1. The summed E-state index contributed by atoms with van der Waals surface area (Å²) in [6, 6.07) is 11.2. The van der Waals surface area contributed by atoms with Crippen LogP contribution in [0.3, 0.4) is 0 Å². The first-order chi connectivity index (χ1) is 13.1. The third-order valence-corrected chi connectivity index (χ3v) is 5.01. The zero-order valence-electron chi connectivity index (χ0n) is 15.2. The molecule has 1 aliphatic rings. The summed E-state index contributed by atoms with van der Waals surface area (Å²) in [6.07, 6.45) is 6.84. The number of hydrogen-bond acceptors (Lipinski definition) is 3. The minimum absolute atomic E-state index is 0.237. The Morgan fingerprint density at radius 3 is 2.48 bits per heavy atom. The molecule has 2 aromatic carbocycles. The number of rotatable bonds is 5. The standard InChI is InChI=1S/C21H22Cl2N2O2/c1-27-21-15(13-16(22)14-19(21)23)5-10-20(26)24-17-6-8-18(9-7-17)25-11-3-2-4-12-25/h5-10,13-14H,2-4,11-12H2,1H3,(H,24,26). The van der Waals surface area contributed by atoms with E-state index in [9.17, 15) is 4.79 Å². The van der Waals surface area contributed by atoms with Gasteiger partial charge in [-0.1, -0.05) is 23.2 Å². The second kappa shape index (κ2) is 9.16. The van der Waals surface area contributed by atoms with Gasteiger partial charge in [-0.25, -0.2) is 0 Å². The Labute approximate surface area is 169 Å². The van der Waals surface area contributed by atoms with E-state index in [1.54, 1.807) is 18.2 Å². The molecule has 1 amide bonds. The number of amides is 1. The van der Waals surface area contributed by atoms with Gasteiger partial charge in [0.2, 0.25) is 5.91 Å². The molecular formula is C21H22Cl2N2O2. The molecule has 0 saturated carbocycles. The molecule has 1 heterocycles. The highest BCUT2D eigenvalue weighted by Crippen LogP contribution is 2.33. The van der Waals surface area contributed by atoms with Gasteiger partial charge < -0.3 is 15.0 Å². The molecule has 1 fully saturated rings. The fourth-order valence-electron chi connectivity index (χ4n) is 3.18. The Bertz CT molecular complexity index is 829. The van der Waals surface area contributed by atoms with Gasteiger partial charge in [0, 0.05) is 41.1 Å². The summed E-state index contributed by atoms with van der Waals surface area (Å²) in [7, 11) is 1.52. The highest BCUT2D eigenvalue weighted by molar-refractivity contribution is 6.36. The summed E-state index contributed by atoms with van der Waals surface area (Å²) in [4.78, 5) is 14.6. The molecule has 6 heteroatoms. The van der Waals surface area contributed by atoms with Gasteiger partial charge in [0.1, 0.15) is 5.75 Å². The van der Waals surface area contributed by atoms with Crippen molar-refractivity contribution in [2.75, 3.05) is 30.4 Å². The highest BCUT2D eigenvalue weighted by Gasteiger charge is 2.11. The third-order valence-electron chi connectivity index (χ3n) is 4.51. The number of carbonyl (C=O) groups is 1. The molecule has 0 bridgehead atoms. The molecule has 0 aromatic heterocycles. The smallest absolute Gasteiger partial charge is 0.248 e. The minimum atomic E-state index is -0.237. The van der Waals surface area contributed by atoms with Crippen LogP contribution in [0.25, 0.3) is 6.08 Å². The van der Waals surface area contributed by atoms with Crippen LogP contribution in [0, 0.1) is 0 Å². The van der Waals surface area contributed by atoms with Crippen LogP contribution in [0.2, 0.25) is 10.0 Å². The van der Waals surface area contributed by atoms with Gasteiger partial charge >= 0.3 is 0 Å². The molecular weight excluding hydrogens is 383 g/mol. The first kappa shape index (κ1) is 19.6. The van der Waals surface area contributed by atoms with Gasteiger partial charge in [0.25, 0.3) is 0 Å². The number of halogens is 2. The Morgan fingerprint density at radius 2 is 1.81 bits per heavy atom. The summed E-state index contributed by atoms with van der Waals surface area (Å²) >= 11 is 12.1. The van der Waals surface area contributed by atoms with E-state index < -0.39 is 0 Å². The highest BCUT2D eigenvalue weighted by atomic mass is 35.5. The maximum absolute atomic E-state index is 12.2. The zero-order valence-corrected chi connectivity index (χ0v) is 16.7. The second-order valence-corrected chi connectivity index (χ2v) is 7.27. The van der Waals surface area contributed by atoms with Crippen molar-refractivity contribution in [3.63, 3.8) is 0 Å². The quantitative estimate of drug-likeness (QED) is 0.655. The van der Waals surface area contributed by atoms with Crippen LogP contribution in [-0.2, 0) is 4.79 Å². The predicted octanol–water partition coefficient (Wildman–Crippen LogP) is 5.64. The van der Waals surface area contributed by atoms with Gasteiger partial charge in [-0.15, -0.1) is 0 Å². The van der Waals surface area contributed by atoms with E-state index in [2.05, 4.69) is 10.2 Å². The lowest BCUT2D eigenvalue weighted by atomic mass is 10.1. The van der Waals surface area contributed by atoms with Crippen LogP contribution in [0.15, 0.2) is 42.5 Å². The van der Waals surface area contributed by atoms with E-state index in [4.69, 9.17) is 27.9 Å². The lowest BCUT2D eigenvalue weighted by Gasteiger charge is -2.28. The van der Waals surface area contributed by atoms with E-state index >= 15 is 0 Å². The van der Waals surface area contributed by atoms with Crippen molar-refractivity contribution in [1.82, 2.24) is 0 Å². The summed E-state index contributed by atoms with van der Waals surface area (Å²) in [6.45, 7) is 2.19. The van der Waals surface area contributed by atoms with Gasteiger partial charge in [0.15, 0.2) is 0 Å². The summed E-state index contributed by atoms with van der Waals surface area (Å²) in [5, 5.41) is 3.74. The number of nitrogens with one attached hydrogen (secondary N) is 1. The molecule has 0 unspecified atom stereocenters. The normalized spacial score (nSPS) is 14.4. The molecule has 1 N–H and O–H groups in total. The maximum Gasteiger partial charge on any atom is 0.248 e. The van der Waals surface area contributed by atoms with Crippen LogP contribution in [-0.4, -0.2) is 26.1 Å². The number of methoxy groups -OCH3 is 1. The Kier molecular flexibility index (Phi) is 6.64. The molecule has 0 spiro atoms. The van der Waals surface area contributed by atoms with Gasteiger partial charge in [-0.3, -0.25) is 4.79 Å². The fraction of sp³-hybridized carbons (Fsp3) is 0.286. The van der Waals surface area contributed by atoms with Crippen LogP contribution in [0.4, 0.5) is 11.4 Å². The number of piperidine rings is 1. The van der Waals surface area contributed by atoms with E-state index in [1.165, 1.54) is 38.1 Å². The lowest BCUT2D eigenvalue weighted by molar-refractivity contribution is -0.111. The topological polar surface area (TPSA) is 41.6 Å². The van der Waals surface area contributed by atoms with Crippen LogP contribution < -0.4 is 15.0 Å². The number of benzene rings is 2. The zero-order chi connectivity index (χ0) is 19.2. The molecule has 27 heavy (non-hydrogen) atoms. The van der Waals surface area contributed by atoms with Crippen LogP contribution >= 0.6 is 23.2 Å². The van der Waals surface area contributed by atoms with Crippen LogP contribution in [0.5, 0.6) is 5.75 Å². The molecule has 2 aromatic rings. The van der Waals surface area contributed by atoms with Gasteiger partial charge in [-0.05, 0) is 61.7 Å². The number of hydrogen-bond donors (Lipinski definition) is 1. The first-order valence-electron chi connectivity index (χ1n) is 8.94. The molecule has 142 valence electrons. The van der Waals surface area contributed by atoms with E-state index in [1.807, 2.05) is 24.3 Å². The van der Waals surface area contributed by atoms with Crippen molar-refractivity contribution in [3.05, 3.63) is 58.1 Å². The van der Waals surface area contributed by atoms with Gasteiger partial charge in [-0.2, -0.15) is 0 Å². The Hall–Kier alpha value is -2.17. The molecule has 1 saturated heterocycles.